The van der Waals surface area contributed by atoms with Crippen LogP contribution in [0.1, 0.15) is 33.6 Å². The van der Waals surface area contributed by atoms with E-state index in [0.29, 0.717) is 0 Å². The molecule has 1 fully saturated rings. The van der Waals surface area contributed by atoms with Crippen molar-refractivity contribution in [3.05, 3.63) is 0 Å². The maximum Gasteiger partial charge on any atom is 0.126 e. The number of rotatable bonds is 1. The fraction of sp³-hybridized carbons (Fsp3) is 0.875. The summed E-state index contributed by atoms with van der Waals surface area (Å²) in [5.41, 5.74) is 0.238. The van der Waals surface area contributed by atoms with Gasteiger partial charge in [0.05, 0.1) is 0 Å². The van der Waals surface area contributed by atoms with Crippen molar-refractivity contribution in [1.82, 2.24) is 0 Å². The third kappa shape index (κ3) is 0.887. The molecule has 1 rings (SSSR count). The summed E-state index contributed by atoms with van der Waals surface area (Å²) >= 11 is 0. The molecular weight excluding hydrogens is 112 g/mol. The van der Waals surface area contributed by atoms with Crippen molar-refractivity contribution in [1.29, 1.82) is 0 Å². The first-order valence-electron chi connectivity index (χ1n) is 3.48. The van der Waals surface area contributed by atoms with Crippen molar-refractivity contribution in [2.75, 3.05) is 0 Å². The zero-order valence-electron chi connectivity index (χ0n) is 6.40. The fourth-order valence-electron chi connectivity index (χ4n) is 1.18. The summed E-state index contributed by atoms with van der Waals surface area (Å²) in [5, 5.41) is 0. The van der Waals surface area contributed by atoms with Crippen molar-refractivity contribution in [2.24, 2.45) is 10.8 Å². The molecule has 1 aliphatic carbocycles. The molecule has 0 aromatic rings. The lowest BCUT2D eigenvalue weighted by atomic mass is 9.79. The predicted octanol–water partition coefficient (Wildman–Crippen LogP) is 2.01. The van der Waals surface area contributed by atoms with Crippen LogP contribution in [-0.2, 0) is 4.79 Å². The molecule has 0 aliphatic heterocycles. The van der Waals surface area contributed by atoms with Crippen LogP contribution in [0.5, 0.6) is 0 Å². The van der Waals surface area contributed by atoms with Crippen LogP contribution in [0.3, 0.4) is 0 Å². The van der Waals surface area contributed by atoms with Crippen LogP contribution in [0.2, 0.25) is 0 Å². The van der Waals surface area contributed by atoms with Crippen LogP contribution in [0.15, 0.2) is 0 Å². The minimum absolute atomic E-state index is 0.0486. The summed E-state index contributed by atoms with van der Waals surface area (Å²) in [7, 11) is 0. The molecule has 9 heavy (non-hydrogen) atoms. The molecule has 1 nitrogen and oxygen atoms in total. The number of carbonyl (C=O) groups excluding carboxylic acids is 1. The molecule has 0 heterocycles. The number of hydrogen-bond acceptors (Lipinski definition) is 1. The monoisotopic (exact) mass is 126 g/mol. The Morgan fingerprint density at radius 3 is 1.78 bits per heavy atom. The largest absolute Gasteiger partial charge is 0.303 e. The first-order valence-corrected chi connectivity index (χ1v) is 3.48. The van der Waals surface area contributed by atoms with Crippen LogP contribution in [0.25, 0.3) is 0 Å². The summed E-state index contributed by atoms with van der Waals surface area (Å²) in [6.07, 6.45) is 3.33. The van der Waals surface area contributed by atoms with Crippen molar-refractivity contribution >= 4 is 6.29 Å². The van der Waals surface area contributed by atoms with Gasteiger partial charge in [0.25, 0.3) is 0 Å². The molecule has 0 aromatic heterocycles. The molecule has 1 aliphatic rings. The standard InChI is InChI=1S/C8H14O/c1-7(2,3)8(6-9)4-5-8/h6H,4-5H2,1-3H3. The van der Waals surface area contributed by atoms with E-state index in [0.717, 1.165) is 19.1 Å². The highest BCUT2D eigenvalue weighted by Gasteiger charge is 2.51. The van der Waals surface area contributed by atoms with E-state index in [1.165, 1.54) is 0 Å². The highest BCUT2D eigenvalue weighted by molar-refractivity contribution is 5.64. The Morgan fingerprint density at radius 2 is 1.78 bits per heavy atom. The lowest BCUT2D eigenvalue weighted by Gasteiger charge is -2.24. The fourth-order valence-corrected chi connectivity index (χ4v) is 1.18. The van der Waals surface area contributed by atoms with Gasteiger partial charge >= 0.3 is 0 Å². The first-order chi connectivity index (χ1) is 4.02. The van der Waals surface area contributed by atoms with Crippen molar-refractivity contribution in [3.63, 3.8) is 0 Å². The van der Waals surface area contributed by atoms with Gasteiger partial charge in [0.2, 0.25) is 0 Å². The molecule has 0 N–H and O–H groups in total. The van der Waals surface area contributed by atoms with E-state index < -0.39 is 0 Å². The minimum Gasteiger partial charge on any atom is -0.303 e. The first kappa shape index (κ1) is 6.79. The molecule has 0 unspecified atom stereocenters. The summed E-state index contributed by atoms with van der Waals surface area (Å²) < 4.78 is 0. The Labute approximate surface area is 56.4 Å². The van der Waals surface area contributed by atoms with E-state index in [-0.39, 0.29) is 10.8 Å². The molecule has 0 spiro atoms. The Balaban J connectivity index is 2.71. The second-order valence-corrected chi connectivity index (χ2v) is 4.02. The van der Waals surface area contributed by atoms with Gasteiger partial charge in [0, 0.05) is 5.41 Å². The zero-order chi connectivity index (χ0) is 7.12. The molecule has 1 saturated carbocycles. The van der Waals surface area contributed by atoms with Crippen molar-refractivity contribution in [2.45, 2.75) is 33.6 Å². The van der Waals surface area contributed by atoms with E-state index >= 15 is 0 Å². The van der Waals surface area contributed by atoms with Crippen LogP contribution in [0.4, 0.5) is 0 Å². The average Bonchev–Trinajstić information content (AvgIpc) is 2.40. The van der Waals surface area contributed by atoms with Gasteiger partial charge < -0.3 is 4.79 Å². The van der Waals surface area contributed by atoms with E-state index in [1.807, 2.05) is 0 Å². The van der Waals surface area contributed by atoms with Crippen molar-refractivity contribution < 1.29 is 4.79 Å². The number of hydrogen-bond donors (Lipinski definition) is 0. The van der Waals surface area contributed by atoms with Crippen molar-refractivity contribution in [3.8, 4) is 0 Å². The van der Waals surface area contributed by atoms with Crippen LogP contribution in [-0.4, -0.2) is 6.29 Å². The van der Waals surface area contributed by atoms with Gasteiger partial charge in [-0.1, -0.05) is 20.8 Å². The summed E-state index contributed by atoms with van der Waals surface area (Å²) in [4.78, 5) is 10.5. The predicted molar refractivity (Wildman–Crippen MR) is 37.2 cm³/mol. The van der Waals surface area contributed by atoms with Crippen LogP contribution < -0.4 is 0 Å². The maximum absolute atomic E-state index is 10.5. The summed E-state index contributed by atoms with van der Waals surface area (Å²) in [5.74, 6) is 0. The Morgan fingerprint density at radius 1 is 1.33 bits per heavy atom. The number of carbonyl (C=O) groups is 1. The normalized spacial score (nSPS) is 23.4. The van der Waals surface area contributed by atoms with Crippen LogP contribution >= 0.6 is 0 Å². The topological polar surface area (TPSA) is 17.1 Å². The van der Waals surface area contributed by atoms with E-state index in [2.05, 4.69) is 20.8 Å². The SMILES string of the molecule is CC(C)(C)C1(C=O)CC1. The highest BCUT2D eigenvalue weighted by atomic mass is 16.1. The Bertz CT molecular complexity index is 126. The second-order valence-electron chi connectivity index (χ2n) is 4.02. The zero-order valence-corrected chi connectivity index (χ0v) is 6.40. The van der Waals surface area contributed by atoms with Gasteiger partial charge in [0.15, 0.2) is 0 Å². The molecule has 0 bridgehead atoms. The van der Waals surface area contributed by atoms with Gasteiger partial charge in [0.1, 0.15) is 6.29 Å². The Hall–Kier alpha value is -0.330. The Kier molecular flexibility index (Phi) is 1.20. The lowest BCUT2D eigenvalue weighted by Crippen LogP contribution is -2.22. The van der Waals surface area contributed by atoms with Crippen LogP contribution in [0, 0.1) is 10.8 Å². The molecule has 0 saturated heterocycles. The molecule has 52 valence electrons. The molecule has 0 aromatic carbocycles. The number of aldehydes is 1. The van der Waals surface area contributed by atoms with Gasteiger partial charge in [-0.15, -0.1) is 0 Å². The molecular formula is C8H14O. The van der Waals surface area contributed by atoms with Gasteiger partial charge in [-0.25, -0.2) is 0 Å². The summed E-state index contributed by atoms with van der Waals surface area (Å²) in [6, 6.07) is 0. The van der Waals surface area contributed by atoms with E-state index in [1.54, 1.807) is 0 Å². The molecule has 0 atom stereocenters. The quantitative estimate of drug-likeness (QED) is 0.491. The van der Waals surface area contributed by atoms with E-state index in [9.17, 15) is 4.79 Å². The van der Waals surface area contributed by atoms with Gasteiger partial charge in [-0.05, 0) is 18.3 Å². The third-order valence-electron chi connectivity index (χ3n) is 2.51. The smallest absolute Gasteiger partial charge is 0.126 e. The van der Waals surface area contributed by atoms with E-state index in [4.69, 9.17) is 0 Å². The molecule has 1 heteroatoms. The van der Waals surface area contributed by atoms with Gasteiger partial charge in [-0.3, -0.25) is 0 Å². The molecule has 0 radical (unpaired) electrons. The second kappa shape index (κ2) is 1.59. The van der Waals surface area contributed by atoms with Gasteiger partial charge in [-0.2, -0.15) is 0 Å². The maximum atomic E-state index is 10.5. The molecule has 0 amide bonds. The minimum atomic E-state index is 0.0486. The summed E-state index contributed by atoms with van der Waals surface area (Å²) in [6.45, 7) is 6.40. The lowest BCUT2D eigenvalue weighted by molar-refractivity contribution is -0.115. The average molecular weight is 126 g/mol. The highest BCUT2D eigenvalue weighted by Crippen LogP contribution is 2.56. The third-order valence-corrected chi connectivity index (χ3v) is 2.51.